The second kappa shape index (κ2) is 12.6. The number of aromatic nitrogens is 1. The molecule has 1 aromatic heterocycles. The van der Waals surface area contributed by atoms with E-state index in [0.29, 0.717) is 16.1 Å². The fourth-order valence-electron chi connectivity index (χ4n) is 4.46. The molecule has 42 heavy (non-hydrogen) atoms. The van der Waals surface area contributed by atoms with Crippen LogP contribution in [0.5, 0.6) is 0 Å². The molecule has 0 aliphatic carbocycles. The molecule has 2 heterocycles. The van der Waals surface area contributed by atoms with Crippen LogP contribution in [0, 0.1) is 0 Å². The van der Waals surface area contributed by atoms with Crippen molar-refractivity contribution < 1.29 is 27.5 Å². The summed E-state index contributed by atoms with van der Waals surface area (Å²) in [6.07, 6.45) is -0.461. The predicted octanol–water partition coefficient (Wildman–Crippen LogP) is 4.76. The zero-order valence-electron chi connectivity index (χ0n) is 22.7. The molecule has 4 aromatic rings. The van der Waals surface area contributed by atoms with Crippen LogP contribution in [0.2, 0.25) is 0 Å². The number of benzene rings is 3. The number of rotatable bonds is 8. The highest BCUT2D eigenvalue weighted by Gasteiger charge is 2.31. The van der Waals surface area contributed by atoms with Gasteiger partial charge in [-0.3, -0.25) is 14.9 Å². The van der Waals surface area contributed by atoms with Gasteiger partial charge in [0.1, 0.15) is 4.88 Å². The number of ether oxygens (including phenoxy) is 1. The summed E-state index contributed by atoms with van der Waals surface area (Å²) >= 11 is 1.08. The van der Waals surface area contributed by atoms with Gasteiger partial charge in [-0.2, -0.15) is 4.31 Å². The van der Waals surface area contributed by atoms with Crippen LogP contribution in [0.3, 0.4) is 0 Å². The number of sulfonamides is 1. The smallest absolute Gasteiger partial charge is 0.409 e. The van der Waals surface area contributed by atoms with Crippen molar-refractivity contribution in [3.63, 3.8) is 0 Å². The number of nitrogens with one attached hydrogen (secondary N) is 1. The lowest BCUT2D eigenvalue weighted by atomic mass is 10.1. The topological polar surface area (TPSA) is 126 Å². The summed E-state index contributed by atoms with van der Waals surface area (Å²) in [5.41, 5.74) is 1.95. The van der Waals surface area contributed by atoms with Gasteiger partial charge in [0.2, 0.25) is 15.8 Å². The lowest BCUT2D eigenvalue weighted by Crippen LogP contribution is -2.50. The zero-order valence-corrected chi connectivity index (χ0v) is 24.4. The first-order valence-corrected chi connectivity index (χ1v) is 15.5. The number of hydrogen-bond donors (Lipinski definition) is 1. The van der Waals surface area contributed by atoms with Gasteiger partial charge in [0.15, 0.2) is 5.13 Å². The number of carbonyl (C=O) groups excluding carboxylic acids is 3. The van der Waals surface area contributed by atoms with E-state index in [4.69, 9.17) is 4.74 Å². The largest absolute Gasteiger partial charge is 0.450 e. The molecule has 12 heteroatoms. The Morgan fingerprint density at radius 2 is 1.48 bits per heavy atom. The average Bonchev–Trinajstić information content (AvgIpc) is 3.45. The number of piperazine rings is 1. The van der Waals surface area contributed by atoms with Gasteiger partial charge in [-0.05, 0) is 31.2 Å². The Kier molecular flexibility index (Phi) is 8.76. The van der Waals surface area contributed by atoms with Gasteiger partial charge in [0.25, 0.3) is 5.91 Å². The minimum absolute atomic E-state index is 0.0417. The predicted molar refractivity (Wildman–Crippen MR) is 159 cm³/mol. The van der Waals surface area contributed by atoms with Gasteiger partial charge in [0.05, 0.1) is 17.2 Å². The fraction of sp³-hybridized carbons (Fsp3) is 0.200. The van der Waals surface area contributed by atoms with E-state index in [-0.39, 0.29) is 54.2 Å². The van der Waals surface area contributed by atoms with Gasteiger partial charge >= 0.3 is 6.09 Å². The van der Waals surface area contributed by atoms with Gasteiger partial charge in [-0.15, -0.1) is 0 Å². The molecule has 5 rings (SSSR count). The molecule has 216 valence electrons. The highest BCUT2D eigenvalue weighted by atomic mass is 32.2. The van der Waals surface area contributed by atoms with E-state index < -0.39 is 22.0 Å². The lowest BCUT2D eigenvalue weighted by molar-refractivity contribution is 0.0933. The highest BCUT2D eigenvalue weighted by molar-refractivity contribution is 7.89. The van der Waals surface area contributed by atoms with E-state index >= 15 is 0 Å². The molecule has 3 aromatic carbocycles. The van der Waals surface area contributed by atoms with Crippen LogP contribution in [0.25, 0.3) is 11.3 Å². The Bertz CT molecular complexity index is 1680. The van der Waals surface area contributed by atoms with E-state index in [1.54, 1.807) is 31.2 Å². The Labute approximate surface area is 247 Å². The van der Waals surface area contributed by atoms with E-state index in [9.17, 15) is 22.8 Å². The maximum Gasteiger partial charge on any atom is 0.409 e. The SMILES string of the molecule is CCOC(=O)N1CCN(S(=O)(=O)c2ccc(C(=O)Nc3nc(-c4ccccc4)c(C(=O)c4ccccc4)s3)cc2)CC1. The number of nitrogens with zero attached hydrogens (tertiary/aromatic N) is 3. The summed E-state index contributed by atoms with van der Waals surface area (Å²) in [6.45, 7) is 2.70. The molecule has 2 amide bonds. The number of anilines is 1. The molecule has 1 saturated heterocycles. The molecule has 0 atom stereocenters. The molecule has 1 aliphatic heterocycles. The van der Waals surface area contributed by atoms with E-state index in [1.807, 2.05) is 36.4 Å². The Hall–Kier alpha value is -4.39. The van der Waals surface area contributed by atoms with Crippen LogP contribution in [-0.2, 0) is 14.8 Å². The summed E-state index contributed by atoms with van der Waals surface area (Å²) in [4.78, 5) is 44.8. The van der Waals surface area contributed by atoms with Crippen LogP contribution in [0.4, 0.5) is 9.93 Å². The summed E-state index contributed by atoms with van der Waals surface area (Å²) in [5.74, 6) is -0.695. The molecular weight excluding hydrogens is 576 g/mol. The van der Waals surface area contributed by atoms with Gasteiger partial charge in [-0.25, -0.2) is 18.2 Å². The van der Waals surface area contributed by atoms with Crippen LogP contribution in [0.15, 0.2) is 89.8 Å². The first-order chi connectivity index (χ1) is 20.3. The van der Waals surface area contributed by atoms with Crippen molar-refractivity contribution in [1.29, 1.82) is 0 Å². The molecular formula is C30H28N4O6S2. The fourth-order valence-corrected chi connectivity index (χ4v) is 6.83. The zero-order chi connectivity index (χ0) is 29.7. The Balaban J connectivity index is 1.31. The van der Waals surface area contributed by atoms with Crippen LogP contribution >= 0.6 is 11.3 Å². The van der Waals surface area contributed by atoms with Crippen molar-refractivity contribution in [2.75, 3.05) is 38.1 Å². The quantitative estimate of drug-likeness (QED) is 0.288. The number of amides is 2. The van der Waals surface area contributed by atoms with Crippen molar-refractivity contribution in [2.24, 2.45) is 0 Å². The Morgan fingerprint density at radius 1 is 0.857 bits per heavy atom. The average molecular weight is 605 g/mol. The van der Waals surface area contributed by atoms with Crippen LogP contribution < -0.4 is 5.32 Å². The third kappa shape index (κ3) is 6.25. The first kappa shape index (κ1) is 29.1. The normalized spacial score (nSPS) is 13.9. The monoisotopic (exact) mass is 604 g/mol. The van der Waals surface area contributed by atoms with Gasteiger partial charge in [-0.1, -0.05) is 72.0 Å². The maximum atomic E-state index is 13.3. The second-order valence-corrected chi connectivity index (χ2v) is 12.3. The highest BCUT2D eigenvalue weighted by Crippen LogP contribution is 2.33. The third-order valence-electron chi connectivity index (χ3n) is 6.66. The molecule has 0 bridgehead atoms. The molecule has 0 unspecified atom stereocenters. The second-order valence-electron chi connectivity index (χ2n) is 9.33. The lowest BCUT2D eigenvalue weighted by Gasteiger charge is -2.33. The number of hydrogen-bond acceptors (Lipinski definition) is 8. The van der Waals surface area contributed by atoms with Crippen molar-refractivity contribution in [1.82, 2.24) is 14.2 Å². The third-order valence-corrected chi connectivity index (χ3v) is 9.54. The van der Waals surface area contributed by atoms with E-state index in [1.165, 1.54) is 33.5 Å². The van der Waals surface area contributed by atoms with E-state index in [0.717, 1.165) is 16.9 Å². The maximum absolute atomic E-state index is 13.3. The minimum Gasteiger partial charge on any atom is -0.450 e. The van der Waals surface area contributed by atoms with Gasteiger partial charge in [0, 0.05) is 42.9 Å². The summed E-state index contributed by atoms with van der Waals surface area (Å²) < 4.78 is 32.6. The molecule has 1 N–H and O–H groups in total. The summed E-state index contributed by atoms with van der Waals surface area (Å²) in [5, 5.41) is 2.99. The number of thiazole rings is 1. The van der Waals surface area contributed by atoms with Crippen molar-refractivity contribution >= 4 is 44.3 Å². The minimum atomic E-state index is -3.82. The van der Waals surface area contributed by atoms with Crippen LogP contribution in [0.1, 0.15) is 32.5 Å². The molecule has 1 fully saturated rings. The summed E-state index contributed by atoms with van der Waals surface area (Å²) in [7, 11) is -3.82. The molecule has 1 aliphatic rings. The summed E-state index contributed by atoms with van der Waals surface area (Å²) in [6, 6.07) is 23.7. The standard InChI is InChI=1S/C30H28N4O6S2/c1-2-40-30(37)33-17-19-34(20-18-33)42(38,39)24-15-13-23(14-16-24)28(36)32-29-31-25(21-9-5-3-6-10-21)27(41-29)26(35)22-11-7-4-8-12-22/h3-16H,2,17-20H2,1H3,(H,31,32,36). The van der Waals surface area contributed by atoms with Crippen molar-refractivity contribution in [3.05, 3.63) is 101 Å². The number of ketones is 1. The van der Waals surface area contributed by atoms with Gasteiger partial charge < -0.3 is 9.64 Å². The molecule has 10 nitrogen and oxygen atoms in total. The first-order valence-electron chi connectivity index (χ1n) is 13.3. The molecule has 0 saturated carbocycles. The molecule has 0 spiro atoms. The van der Waals surface area contributed by atoms with E-state index in [2.05, 4.69) is 10.3 Å². The van der Waals surface area contributed by atoms with Crippen LogP contribution in [-0.4, -0.2) is 73.2 Å². The molecule has 0 radical (unpaired) electrons. The Morgan fingerprint density at radius 3 is 2.10 bits per heavy atom. The van der Waals surface area contributed by atoms with Crippen molar-refractivity contribution in [3.8, 4) is 11.3 Å². The number of carbonyl (C=O) groups is 3. The van der Waals surface area contributed by atoms with Crippen molar-refractivity contribution in [2.45, 2.75) is 11.8 Å².